The van der Waals surface area contributed by atoms with Crippen LogP contribution in [0.2, 0.25) is 0 Å². The van der Waals surface area contributed by atoms with Crippen molar-refractivity contribution in [1.82, 2.24) is 10.6 Å². The molecule has 32 heavy (non-hydrogen) atoms. The van der Waals surface area contributed by atoms with E-state index in [2.05, 4.69) is 52.2 Å². The molecule has 4 nitrogen and oxygen atoms in total. The Kier molecular flexibility index (Phi) is 7.57. The Morgan fingerprint density at radius 3 is 1.41 bits per heavy atom. The minimum absolute atomic E-state index is 0.0847. The maximum Gasteiger partial charge on any atom is 0.123 e. The number of aromatic hydroxyl groups is 2. The summed E-state index contributed by atoms with van der Waals surface area (Å²) in [7, 11) is 0. The summed E-state index contributed by atoms with van der Waals surface area (Å²) in [5, 5.41) is 29.0. The van der Waals surface area contributed by atoms with E-state index < -0.39 is 0 Å². The fourth-order valence-electron chi connectivity index (χ4n) is 4.78. The molecule has 0 aliphatic heterocycles. The van der Waals surface area contributed by atoms with Gasteiger partial charge in [-0.15, -0.1) is 0 Å². The van der Waals surface area contributed by atoms with E-state index in [0.29, 0.717) is 36.7 Å². The van der Waals surface area contributed by atoms with Gasteiger partial charge in [-0.1, -0.05) is 90.8 Å². The number of phenolic OH excluding ortho intramolecular Hbond substituents is 2. The summed E-state index contributed by atoms with van der Waals surface area (Å²) >= 11 is 0. The molecule has 0 heterocycles. The lowest BCUT2D eigenvalue weighted by molar-refractivity contribution is 0.279. The standard InChI is InChI=1S/C28H42N2O2/c1-27(2,3)21-13-9-11-19(25(21)31)17-29-23-15-7-8-16-24(23)30-18-20-12-10-14-22(26(20)32)28(4,5)6/h9-14,23-24,29-32H,7-8,15-18H2,1-6H3/t23-,24-/m0/s1. The minimum Gasteiger partial charge on any atom is -0.507 e. The lowest BCUT2D eigenvalue weighted by Gasteiger charge is -2.34. The normalized spacial score (nSPS) is 19.8. The summed E-state index contributed by atoms with van der Waals surface area (Å²) in [6.45, 7) is 14.1. The summed E-state index contributed by atoms with van der Waals surface area (Å²) in [5.74, 6) is 0.827. The number of hydrogen-bond acceptors (Lipinski definition) is 4. The van der Waals surface area contributed by atoms with Crippen molar-refractivity contribution in [2.24, 2.45) is 0 Å². The zero-order valence-electron chi connectivity index (χ0n) is 20.8. The van der Waals surface area contributed by atoms with Crippen LogP contribution in [0.4, 0.5) is 0 Å². The van der Waals surface area contributed by atoms with Gasteiger partial charge < -0.3 is 20.8 Å². The average molecular weight is 439 g/mol. The van der Waals surface area contributed by atoms with Gasteiger partial charge in [0.2, 0.25) is 0 Å². The van der Waals surface area contributed by atoms with Crippen molar-refractivity contribution in [2.75, 3.05) is 0 Å². The predicted molar refractivity (Wildman–Crippen MR) is 133 cm³/mol. The SMILES string of the molecule is CC(C)(C)c1cccc(CN[C@H]2CCCC[C@@H]2NCc2cccc(C(C)(C)C)c2O)c1O. The van der Waals surface area contributed by atoms with Crippen LogP contribution in [0.25, 0.3) is 0 Å². The zero-order chi connectivity index (χ0) is 23.5. The first-order valence-corrected chi connectivity index (χ1v) is 12.1. The van der Waals surface area contributed by atoms with Crippen LogP contribution in [-0.4, -0.2) is 22.3 Å². The largest absolute Gasteiger partial charge is 0.507 e. The van der Waals surface area contributed by atoms with Crippen LogP contribution in [0.5, 0.6) is 11.5 Å². The zero-order valence-corrected chi connectivity index (χ0v) is 20.8. The minimum atomic E-state index is -0.0847. The number of hydrogen-bond donors (Lipinski definition) is 4. The molecule has 176 valence electrons. The third-order valence-corrected chi connectivity index (χ3v) is 6.73. The van der Waals surface area contributed by atoms with Gasteiger partial charge in [-0.05, 0) is 34.8 Å². The molecule has 0 saturated heterocycles. The van der Waals surface area contributed by atoms with Crippen LogP contribution < -0.4 is 10.6 Å². The maximum absolute atomic E-state index is 10.8. The van der Waals surface area contributed by atoms with Crippen LogP contribution in [0.15, 0.2) is 36.4 Å². The molecule has 1 aliphatic carbocycles. The Labute approximate surface area is 194 Å². The third-order valence-electron chi connectivity index (χ3n) is 6.73. The van der Waals surface area contributed by atoms with Crippen molar-refractivity contribution >= 4 is 0 Å². The molecule has 0 aromatic heterocycles. The molecule has 3 rings (SSSR count). The molecule has 0 radical (unpaired) electrons. The van der Waals surface area contributed by atoms with E-state index in [1.54, 1.807) is 0 Å². The van der Waals surface area contributed by atoms with Gasteiger partial charge in [0.25, 0.3) is 0 Å². The number of phenols is 2. The Hall–Kier alpha value is -2.04. The van der Waals surface area contributed by atoms with E-state index in [9.17, 15) is 10.2 Å². The summed E-state index contributed by atoms with van der Waals surface area (Å²) in [6.07, 6.45) is 4.67. The molecule has 2 aromatic rings. The van der Waals surface area contributed by atoms with Crippen LogP contribution >= 0.6 is 0 Å². The number of benzene rings is 2. The fourth-order valence-corrected chi connectivity index (χ4v) is 4.78. The molecule has 0 spiro atoms. The van der Waals surface area contributed by atoms with Gasteiger partial charge in [0.15, 0.2) is 0 Å². The first kappa shape index (κ1) is 24.6. The molecule has 1 aliphatic rings. The summed E-state index contributed by atoms with van der Waals surface area (Å²) in [5.41, 5.74) is 3.72. The molecular formula is C28H42N2O2. The van der Waals surface area contributed by atoms with E-state index >= 15 is 0 Å². The number of nitrogens with one attached hydrogen (secondary N) is 2. The lowest BCUT2D eigenvalue weighted by atomic mass is 9.85. The maximum atomic E-state index is 10.8. The highest BCUT2D eigenvalue weighted by atomic mass is 16.3. The predicted octanol–water partition coefficient (Wildman–Crippen LogP) is 5.88. The molecule has 0 bridgehead atoms. The van der Waals surface area contributed by atoms with Gasteiger partial charge >= 0.3 is 0 Å². The van der Waals surface area contributed by atoms with Crippen molar-refractivity contribution in [3.63, 3.8) is 0 Å². The second kappa shape index (κ2) is 9.84. The van der Waals surface area contributed by atoms with E-state index in [1.807, 2.05) is 36.4 Å². The monoisotopic (exact) mass is 438 g/mol. The van der Waals surface area contributed by atoms with Crippen molar-refractivity contribution in [2.45, 2.75) is 103 Å². The van der Waals surface area contributed by atoms with Gasteiger partial charge in [-0.25, -0.2) is 0 Å². The third kappa shape index (κ3) is 5.85. The summed E-state index contributed by atoms with van der Waals surface area (Å²) in [6, 6.07) is 12.8. The highest BCUT2D eigenvalue weighted by Gasteiger charge is 2.26. The van der Waals surface area contributed by atoms with E-state index in [4.69, 9.17) is 0 Å². The molecular weight excluding hydrogens is 396 g/mol. The summed E-state index contributed by atoms with van der Waals surface area (Å²) < 4.78 is 0. The van der Waals surface area contributed by atoms with Crippen molar-refractivity contribution in [1.29, 1.82) is 0 Å². The van der Waals surface area contributed by atoms with Gasteiger partial charge in [0, 0.05) is 36.3 Å². The van der Waals surface area contributed by atoms with Crippen LogP contribution in [-0.2, 0) is 23.9 Å². The quantitative estimate of drug-likeness (QED) is 0.454. The van der Waals surface area contributed by atoms with E-state index in [0.717, 1.165) is 35.1 Å². The van der Waals surface area contributed by atoms with Crippen LogP contribution in [0.1, 0.15) is 89.5 Å². The lowest BCUT2D eigenvalue weighted by Crippen LogP contribution is -2.49. The van der Waals surface area contributed by atoms with Crippen LogP contribution in [0, 0.1) is 0 Å². The molecule has 0 amide bonds. The average Bonchev–Trinajstić information content (AvgIpc) is 2.71. The van der Waals surface area contributed by atoms with Gasteiger partial charge in [0.05, 0.1) is 0 Å². The van der Waals surface area contributed by atoms with Crippen molar-refractivity contribution < 1.29 is 10.2 Å². The Balaban J connectivity index is 1.67. The van der Waals surface area contributed by atoms with Gasteiger partial charge in [-0.2, -0.15) is 0 Å². The highest BCUT2D eigenvalue weighted by Crippen LogP contribution is 2.34. The van der Waals surface area contributed by atoms with Crippen LogP contribution in [0.3, 0.4) is 0 Å². The number of rotatable bonds is 6. The Morgan fingerprint density at radius 2 is 1.06 bits per heavy atom. The van der Waals surface area contributed by atoms with Gasteiger partial charge in [-0.3, -0.25) is 0 Å². The molecule has 1 fully saturated rings. The first-order chi connectivity index (χ1) is 15.0. The second-order valence-corrected chi connectivity index (χ2v) is 11.4. The smallest absolute Gasteiger partial charge is 0.123 e. The van der Waals surface area contributed by atoms with Gasteiger partial charge in [0.1, 0.15) is 11.5 Å². The molecule has 0 unspecified atom stereocenters. The molecule has 4 N–H and O–H groups in total. The van der Waals surface area contributed by atoms with E-state index in [-0.39, 0.29) is 10.8 Å². The Morgan fingerprint density at radius 1 is 0.688 bits per heavy atom. The highest BCUT2D eigenvalue weighted by molar-refractivity contribution is 5.45. The second-order valence-electron chi connectivity index (χ2n) is 11.4. The topological polar surface area (TPSA) is 64.5 Å². The molecule has 1 saturated carbocycles. The molecule has 4 heteroatoms. The number of para-hydroxylation sites is 2. The van der Waals surface area contributed by atoms with E-state index in [1.165, 1.54) is 12.8 Å². The first-order valence-electron chi connectivity index (χ1n) is 12.1. The fraction of sp³-hybridized carbons (Fsp3) is 0.571. The molecule has 2 aromatic carbocycles. The summed E-state index contributed by atoms with van der Waals surface area (Å²) in [4.78, 5) is 0. The Bertz CT molecular complexity index is 833. The molecule has 2 atom stereocenters. The van der Waals surface area contributed by atoms with Crippen molar-refractivity contribution in [3.05, 3.63) is 58.7 Å². The van der Waals surface area contributed by atoms with Crippen molar-refractivity contribution in [3.8, 4) is 11.5 Å².